The number of aromatic carboxylic acids is 1. The number of benzene rings is 1. The Labute approximate surface area is 121 Å². The average Bonchev–Trinajstić information content (AvgIpc) is 3.31. The van der Waals surface area contributed by atoms with Crippen molar-refractivity contribution in [1.29, 1.82) is 0 Å². The summed E-state index contributed by atoms with van der Waals surface area (Å²) in [5, 5.41) is 11.8. The second-order valence-corrected chi connectivity index (χ2v) is 5.09. The average molecular weight is 282 g/mol. The molecule has 0 bridgehead atoms. The smallest absolute Gasteiger partial charge is 0.335 e. The molecule has 21 heavy (non-hydrogen) atoms. The van der Waals surface area contributed by atoms with Crippen LogP contribution in [0.3, 0.4) is 0 Å². The number of pyridine rings is 1. The maximum Gasteiger partial charge on any atom is 0.335 e. The van der Waals surface area contributed by atoms with Crippen LogP contribution >= 0.6 is 0 Å². The summed E-state index contributed by atoms with van der Waals surface area (Å²) in [5.41, 5.74) is 2.36. The van der Waals surface area contributed by atoms with Crippen LogP contribution in [-0.2, 0) is 0 Å². The van der Waals surface area contributed by atoms with Crippen LogP contribution in [0.15, 0.2) is 42.7 Å². The molecule has 1 aliphatic rings. The van der Waals surface area contributed by atoms with Crippen LogP contribution in [0.25, 0.3) is 11.1 Å². The number of hydrogen-bond acceptors (Lipinski definition) is 3. The molecule has 0 unspecified atom stereocenters. The SMILES string of the molecule is O=C(O)c1ccc(-c2cncc(C(=O)NC3CC3)c2)cc1. The molecule has 1 aromatic carbocycles. The lowest BCUT2D eigenvalue weighted by Crippen LogP contribution is -2.25. The highest BCUT2D eigenvalue weighted by Crippen LogP contribution is 2.22. The number of hydrogen-bond donors (Lipinski definition) is 2. The zero-order chi connectivity index (χ0) is 14.8. The molecule has 0 aliphatic heterocycles. The van der Waals surface area contributed by atoms with Crippen molar-refractivity contribution in [1.82, 2.24) is 10.3 Å². The van der Waals surface area contributed by atoms with Gasteiger partial charge in [-0.15, -0.1) is 0 Å². The predicted molar refractivity (Wildman–Crippen MR) is 77.1 cm³/mol. The Kier molecular flexibility index (Phi) is 3.39. The minimum atomic E-state index is -0.961. The third-order valence-electron chi connectivity index (χ3n) is 3.38. The van der Waals surface area contributed by atoms with Crippen LogP contribution < -0.4 is 5.32 Å². The van der Waals surface area contributed by atoms with Gasteiger partial charge in [-0.05, 0) is 36.6 Å². The molecule has 3 rings (SSSR count). The molecule has 1 saturated carbocycles. The third kappa shape index (κ3) is 3.08. The van der Waals surface area contributed by atoms with Crippen molar-refractivity contribution in [3.63, 3.8) is 0 Å². The van der Waals surface area contributed by atoms with Gasteiger partial charge in [-0.25, -0.2) is 4.79 Å². The normalized spacial score (nSPS) is 13.7. The van der Waals surface area contributed by atoms with E-state index < -0.39 is 5.97 Å². The lowest BCUT2D eigenvalue weighted by Gasteiger charge is -2.06. The first-order valence-corrected chi connectivity index (χ1v) is 6.73. The highest BCUT2D eigenvalue weighted by Gasteiger charge is 2.23. The Morgan fingerprint density at radius 1 is 1.05 bits per heavy atom. The van der Waals surface area contributed by atoms with E-state index >= 15 is 0 Å². The number of carbonyl (C=O) groups is 2. The van der Waals surface area contributed by atoms with Gasteiger partial charge in [0.15, 0.2) is 0 Å². The minimum Gasteiger partial charge on any atom is -0.478 e. The summed E-state index contributed by atoms with van der Waals surface area (Å²) in [7, 11) is 0. The maximum atomic E-state index is 12.0. The van der Waals surface area contributed by atoms with E-state index in [0.29, 0.717) is 11.6 Å². The van der Waals surface area contributed by atoms with Gasteiger partial charge in [0.1, 0.15) is 0 Å². The summed E-state index contributed by atoms with van der Waals surface area (Å²) in [6.45, 7) is 0. The first kappa shape index (κ1) is 13.3. The fraction of sp³-hybridized carbons (Fsp3) is 0.188. The van der Waals surface area contributed by atoms with Crippen molar-refractivity contribution in [3.05, 3.63) is 53.9 Å². The van der Waals surface area contributed by atoms with Crippen LogP contribution in [0, 0.1) is 0 Å². The number of nitrogens with zero attached hydrogens (tertiary/aromatic N) is 1. The van der Waals surface area contributed by atoms with Crippen molar-refractivity contribution < 1.29 is 14.7 Å². The van der Waals surface area contributed by atoms with Crippen molar-refractivity contribution in [2.75, 3.05) is 0 Å². The van der Waals surface area contributed by atoms with Crippen molar-refractivity contribution in [2.24, 2.45) is 0 Å². The molecule has 1 aromatic heterocycles. The van der Waals surface area contributed by atoms with Crippen LogP contribution in [0.4, 0.5) is 0 Å². The van der Waals surface area contributed by atoms with E-state index in [1.807, 2.05) is 0 Å². The van der Waals surface area contributed by atoms with Crippen LogP contribution in [-0.4, -0.2) is 28.0 Å². The lowest BCUT2D eigenvalue weighted by molar-refractivity contribution is 0.0696. The van der Waals surface area contributed by atoms with E-state index in [0.717, 1.165) is 24.0 Å². The van der Waals surface area contributed by atoms with Crippen LogP contribution in [0.5, 0.6) is 0 Å². The quantitative estimate of drug-likeness (QED) is 0.902. The first-order valence-electron chi connectivity index (χ1n) is 6.73. The van der Waals surface area contributed by atoms with E-state index in [1.165, 1.54) is 18.3 Å². The fourth-order valence-corrected chi connectivity index (χ4v) is 2.02. The molecule has 0 atom stereocenters. The number of rotatable bonds is 4. The van der Waals surface area contributed by atoms with Gasteiger partial charge in [-0.3, -0.25) is 9.78 Å². The van der Waals surface area contributed by atoms with E-state index in [-0.39, 0.29) is 11.5 Å². The number of carboxylic acid groups (broad SMARTS) is 1. The fourth-order valence-electron chi connectivity index (χ4n) is 2.02. The Hall–Kier alpha value is -2.69. The topological polar surface area (TPSA) is 79.3 Å². The third-order valence-corrected chi connectivity index (χ3v) is 3.38. The molecule has 5 nitrogen and oxygen atoms in total. The highest BCUT2D eigenvalue weighted by atomic mass is 16.4. The second-order valence-electron chi connectivity index (χ2n) is 5.09. The molecule has 1 heterocycles. The van der Waals surface area contributed by atoms with Gasteiger partial charge >= 0.3 is 5.97 Å². The van der Waals surface area contributed by atoms with Crippen LogP contribution in [0.1, 0.15) is 33.6 Å². The van der Waals surface area contributed by atoms with Crippen molar-refractivity contribution in [3.8, 4) is 11.1 Å². The van der Waals surface area contributed by atoms with Gasteiger partial charge in [0.05, 0.1) is 11.1 Å². The Morgan fingerprint density at radius 3 is 2.38 bits per heavy atom. The van der Waals surface area contributed by atoms with Crippen LogP contribution in [0.2, 0.25) is 0 Å². The van der Waals surface area contributed by atoms with E-state index in [1.54, 1.807) is 24.4 Å². The zero-order valence-corrected chi connectivity index (χ0v) is 11.2. The van der Waals surface area contributed by atoms with Gasteiger partial charge in [0.2, 0.25) is 0 Å². The Bertz CT molecular complexity index is 691. The first-order chi connectivity index (χ1) is 10.1. The zero-order valence-electron chi connectivity index (χ0n) is 11.2. The van der Waals surface area contributed by atoms with Gasteiger partial charge < -0.3 is 10.4 Å². The van der Waals surface area contributed by atoms with Crippen molar-refractivity contribution in [2.45, 2.75) is 18.9 Å². The van der Waals surface area contributed by atoms with Gasteiger partial charge in [0, 0.05) is 24.0 Å². The number of aromatic nitrogens is 1. The van der Waals surface area contributed by atoms with E-state index in [9.17, 15) is 9.59 Å². The molecule has 0 saturated heterocycles. The lowest BCUT2D eigenvalue weighted by atomic mass is 10.0. The molecule has 0 spiro atoms. The molecular weight excluding hydrogens is 268 g/mol. The summed E-state index contributed by atoms with van der Waals surface area (Å²) in [6, 6.07) is 8.56. The molecule has 1 amide bonds. The monoisotopic (exact) mass is 282 g/mol. The molecule has 0 radical (unpaired) electrons. The predicted octanol–water partition coefficient (Wildman–Crippen LogP) is 2.34. The summed E-state index contributed by atoms with van der Waals surface area (Å²) >= 11 is 0. The molecule has 5 heteroatoms. The number of amides is 1. The molecular formula is C16H14N2O3. The van der Waals surface area contributed by atoms with Crippen molar-refractivity contribution >= 4 is 11.9 Å². The molecule has 106 valence electrons. The molecule has 1 fully saturated rings. The summed E-state index contributed by atoms with van der Waals surface area (Å²) < 4.78 is 0. The van der Waals surface area contributed by atoms with E-state index in [4.69, 9.17) is 5.11 Å². The number of carbonyl (C=O) groups excluding carboxylic acids is 1. The largest absolute Gasteiger partial charge is 0.478 e. The summed E-state index contributed by atoms with van der Waals surface area (Å²) in [5.74, 6) is -1.08. The van der Waals surface area contributed by atoms with E-state index in [2.05, 4.69) is 10.3 Å². The molecule has 2 N–H and O–H groups in total. The maximum absolute atomic E-state index is 12.0. The molecule has 2 aromatic rings. The van der Waals surface area contributed by atoms with Gasteiger partial charge in [0.25, 0.3) is 5.91 Å². The standard InChI is InChI=1S/C16H14N2O3/c19-15(18-14-5-6-14)13-7-12(8-17-9-13)10-1-3-11(4-2-10)16(20)21/h1-4,7-9,14H,5-6H2,(H,18,19)(H,20,21). The Balaban J connectivity index is 1.84. The van der Waals surface area contributed by atoms with Gasteiger partial charge in [-0.2, -0.15) is 0 Å². The number of nitrogens with one attached hydrogen (secondary N) is 1. The van der Waals surface area contributed by atoms with Gasteiger partial charge in [-0.1, -0.05) is 12.1 Å². The molecule has 1 aliphatic carbocycles. The summed E-state index contributed by atoms with van der Waals surface area (Å²) in [6.07, 6.45) is 5.27. The minimum absolute atomic E-state index is 0.117. The Morgan fingerprint density at radius 2 is 1.76 bits per heavy atom. The highest BCUT2D eigenvalue weighted by molar-refractivity contribution is 5.95. The number of carboxylic acids is 1. The second kappa shape index (κ2) is 5.36. The summed E-state index contributed by atoms with van der Waals surface area (Å²) in [4.78, 5) is 26.9.